The maximum Gasteiger partial charge on any atom is 0.335 e. The normalized spacial score (nSPS) is 8.71. The third-order valence-corrected chi connectivity index (χ3v) is 8.68. The number of nitrogens with one attached hydrogen (secondary N) is 3. The van der Waals surface area contributed by atoms with Crippen LogP contribution in [-0.2, 0) is 19.5 Å². The SMILES string of the molecule is Nc1ccc(I)c(I)c1I.O=C(O)c1ccc(C(=O)O)cc1.[Zn].c1cn[nH]n1.c1cn[nH]n1.c1cn[nH]n1. The summed E-state index contributed by atoms with van der Waals surface area (Å²) in [7, 11) is 0. The third-order valence-electron chi connectivity index (χ3n) is 3.44. The van der Waals surface area contributed by atoms with E-state index in [1.54, 1.807) is 37.2 Å². The number of H-pyrrole nitrogens is 3. The molecule has 0 amide bonds. The number of halogens is 3. The van der Waals surface area contributed by atoms with Crippen LogP contribution in [0, 0.1) is 10.7 Å². The molecule has 3 heterocycles. The molecule has 0 aliphatic carbocycles. The van der Waals surface area contributed by atoms with Crippen molar-refractivity contribution < 1.29 is 39.3 Å². The number of carboxylic acids is 2. The second kappa shape index (κ2) is 21.4. The van der Waals surface area contributed by atoms with Crippen LogP contribution < -0.4 is 5.73 Å². The summed E-state index contributed by atoms with van der Waals surface area (Å²) in [5, 5.41) is 44.9. The van der Waals surface area contributed by atoms with Crippen LogP contribution in [0.2, 0.25) is 0 Å². The van der Waals surface area contributed by atoms with Gasteiger partial charge in [0.05, 0.1) is 51.9 Å². The van der Waals surface area contributed by atoms with Gasteiger partial charge < -0.3 is 15.9 Å². The van der Waals surface area contributed by atoms with Gasteiger partial charge in [-0.05, 0) is 104 Å². The van der Waals surface area contributed by atoms with E-state index >= 15 is 0 Å². The van der Waals surface area contributed by atoms with Crippen molar-refractivity contribution in [2.24, 2.45) is 0 Å². The average molecular weight is 910 g/mol. The molecule has 5 rings (SSSR count). The maximum absolute atomic E-state index is 10.3. The van der Waals surface area contributed by atoms with Crippen molar-refractivity contribution in [3.63, 3.8) is 0 Å². The molecular formula is C20H19I3N10O4Zn. The molecular weight excluding hydrogens is 890 g/mol. The number of hydrogen-bond donors (Lipinski definition) is 6. The zero-order valence-electron chi connectivity index (χ0n) is 19.2. The first-order chi connectivity index (χ1) is 17.7. The first-order valence-corrected chi connectivity index (χ1v) is 12.8. The Hall–Kier alpha value is -2.59. The number of aromatic nitrogens is 9. The summed E-state index contributed by atoms with van der Waals surface area (Å²) in [6.07, 6.45) is 9.50. The van der Waals surface area contributed by atoms with Crippen molar-refractivity contribution in [3.8, 4) is 0 Å². The van der Waals surface area contributed by atoms with Crippen molar-refractivity contribution in [3.05, 3.63) is 95.4 Å². The fourth-order valence-corrected chi connectivity index (χ4v) is 3.72. The predicted octanol–water partition coefficient (Wildman–Crippen LogP) is 3.58. The molecule has 0 unspecified atom stereocenters. The Morgan fingerprint density at radius 2 is 0.921 bits per heavy atom. The fourth-order valence-electron chi connectivity index (χ4n) is 1.80. The van der Waals surface area contributed by atoms with E-state index in [4.69, 9.17) is 15.9 Å². The van der Waals surface area contributed by atoms with Gasteiger partial charge in [0.15, 0.2) is 0 Å². The third kappa shape index (κ3) is 15.6. The van der Waals surface area contributed by atoms with Crippen LogP contribution in [0.1, 0.15) is 20.7 Å². The van der Waals surface area contributed by atoms with Gasteiger partial charge in [-0.1, -0.05) is 0 Å². The number of hydrogen-bond acceptors (Lipinski definition) is 9. The van der Waals surface area contributed by atoms with Crippen molar-refractivity contribution >= 4 is 85.4 Å². The van der Waals surface area contributed by atoms with Gasteiger partial charge in [0.2, 0.25) is 0 Å². The molecule has 0 atom stereocenters. The summed E-state index contributed by atoms with van der Waals surface area (Å²) >= 11 is 6.86. The number of aromatic amines is 3. The quantitative estimate of drug-likeness (QED) is 0.0650. The van der Waals surface area contributed by atoms with Crippen LogP contribution in [0.5, 0.6) is 0 Å². The van der Waals surface area contributed by atoms with Gasteiger partial charge in [0.25, 0.3) is 0 Å². The second-order valence-corrected chi connectivity index (χ2v) is 9.24. The minimum atomic E-state index is -1.06. The van der Waals surface area contributed by atoms with Gasteiger partial charge in [-0.15, -0.1) is 0 Å². The number of benzene rings is 2. The fraction of sp³-hybridized carbons (Fsp3) is 0. The first kappa shape index (κ1) is 35.4. The van der Waals surface area contributed by atoms with E-state index in [1.165, 1.54) is 31.4 Å². The number of nitrogens with two attached hydrogens (primary N) is 1. The van der Waals surface area contributed by atoms with E-state index in [2.05, 4.69) is 114 Å². The minimum Gasteiger partial charge on any atom is -0.478 e. The molecule has 5 aromatic rings. The van der Waals surface area contributed by atoms with Crippen molar-refractivity contribution in [1.82, 2.24) is 46.2 Å². The summed E-state index contributed by atoms with van der Waals surface area (Å²) in [5.41, 5.74) is 6.71. The van der Waals surface area contributed by atoms with Gasteiger partial charge in [0.1, 0.15) is 0 Å². The van der Waals surface area contributed by atoms with Crippen LogP contribution in [0.4, 0.5) is 5.69 Å². The van der Waals surface area contributed by atoms with Crippen LogP contribution in [0.15, 0.2) is 73.6 Å². The van der Waals surface area contributed by atoms with E-state index in [1.807, 2.05) is 12.1 Å². The molecule has 0 saturated heterocycles. The number of nitrogen functional groups attached to an aromatic ring is 1. The zero-order valence-corrected chi connectivity index (χ0v) is 28.7. The number of nitrogens with zero attached hydrogens (tertiary/aromatic N) is 6. The molecule has 3 aromatic heterocycles. The molecule has 0 fully saturated rings. The van der Waals surface area contributed by atoms with Gasteiger partial charge >= 0.3 is 11.9 Å². The summed E-state index contributed by atoms with van der Waals surface area (Å²) in [6.45, 7) is 0. The minimum absolute atomic E-state index is 0. The zero-order chi connectivity index (χ0) is 27.5. The van der Waals surface area contributed by atoms with E-state index in [0.717, 1.165) is 9.26 Å². The van der Waals surface area contributed by atoms with Crippen LogP contribution >= 0.6 is 67.8 Å². The Morgan fingerprint density at radius 3 is 1.13 bits per heavy atom. The standard InChI is InChI=1S/C8H6O4.C6H4I3N.3C2H3N3.Zn/c9-7(10)5-1-2-6(4-3-5)8(11)12;7-3-1-2-4(10)6(9)5(3)8;3*1-2-4-5-3-1;/h1-4H,(H,9,10)(H,11,12);1-2H,10H2;3*1-2H,(H,3,4,5);. The Balaban J connectivity index is 0.000000471. The van der Waals surface area contributed by atoms with E-state index < -0.39 is 11.9 Å². The van der Waals surface area contributed by atoms with Crippen molar-refractivity contribution in [1.29, 1.82) is 0 Å². The molecule has 0 radical (unpaired) electrons. The summed E-state index contributed by atoms with van der Waals surface area (Å²) < 4.78 is 3.67. The van der Waals surface area contributed by atoms with Crippen LogP contribution in [0.25, 0.3) is 0 Å². The molecule has 38 heavy (non-hydrogen) atoms. The van der Waals surface area contributed by atoms with E-state index in [9.17, 15) is 9.59 Å². The van der Waals surface area contributed by atoms with Gasteiger partial charge in [-0.25, -0.2) is 9.59 Å². The second-order valence-electron chi connectivity index (χ2n) is 5.92. The molecule has 0 aliphatic rings. The number of carbonyl (C=O) groups is 2. The number of anilines is 1. The summed E-state index contributed by atoms with van der Waals surface area (Å²) in [4.78, 5) is 20.7. The molecule has 196 valence electrons. The van der Waals surface area contributed by atoms with Gasteiger partial charge in [0, 0.05) is 32.3 Å². The molecule has 0 saturated carbocycles. The van der Waals surface area contributed by atoms with Gasteiger partial charge in [-0.3, -0.25) is 0 Å². The van der Waals surface area contributed by atoms with E-state index in [-0.39, 0.29) is 30.6 Å². The summed E-state index contributed by atoms with van der Waals surface area (Å²) in [5.74, 6) is -2.13. The number of carboxylic acid groups (broad SMARTS) is 2. The van der Waals surface area contributed by atoms with Crippen molar-refractivity contribution in [2.75, 3.05) is 5.73 Å². The molecule has 0 spiro atoms. The molecule has 7 N–H and O–H groups in total. The topological polar surface area (TPSA) is 225 Å². The summed E-state index contributed by atoms with van der Waals surface area (Å²) in [6, 6.07) is 8.99. The Kier molecular flexibility index (Phi) is 19.9. The molecule has 0 aliphatic heterocycles. The Morgan fingerprint density at radius 1 is 0.605 bits per heavy atom. The Bertz CT molecular complexity index is 1100. The Labute approximate surface area is 269 Å². The molecule has 14 nitrogen and oxygen atoms in total. The smallest absolute Gasteiger partial charge is 0.335 e. The van der Waals surface area contributed by atoms with Crippen molar-refractivity contribution in [2.45, 2.75) is 0 Å². The first-order valence-electron chi connectivity index (χ1n) is 9.58. The van der Waals surface area contributed by atoms with Crippen LogP contribution in [0.3, 0.4) is 0 Å². The predicted molar refractivity (Wildman–Crippen MR) is 159 cm³/mol. The molecule has 2 aromatic carbocycles. The van der Waals surface area contributed by atoms with Crippen LogP contribution in [-0.4, -0.2) is 68.4 Å². The van der Waals surface area contributed by atoms with Gasteiger partial charge in [-0.2, -0.15) is 46.2 Å². The maximum atomic E-state index is 10.3. The molecule has 0 bridgehead atoms. The number of rotatable bonds is 2. The monoisotopic (exact) mass is 908 g/mol. The largest absolute Gasteiger partial charge is 0.478 e. The number of aromatic carboxylic acids is 2. The van der Waals surface area contributed by atoms with E-state index in [0.29, 0.717) is 0 Å². The average Bonchev–Trinajstić information content (AvgIpc) is 3.72. The molecule has 18 heteroatoms.